The van der Waals surface area contributed by atoms with Crippen molar-refractivity contribution in [3.05, 3.63) is 11.9 Å². The normalized spacial score (nSPS) is 9.93. The molecule has 0 atom stereocenters. The van der Waals surface area contributed by atoms with Gasteiger partial charge < -0.3 is 9.47 Å². The molecule has 0 N–H and O–H groups in total. The lowest BCUT2D eigenvalue weighted by molar-refractivity contribution is 0.0509. The van der Waals surface area contributed by atoms with Crippen LogP contribution in [0.4, 0.5) is 0 Å². The predicted molar refractivity (Wildman–Crippen MR) is 50.3 cm³/mol. The van der Waals surface area contributed by atoms with Crippen molar-refractivity contribution in [2.75, 3.05) is 13.2 Å². The summed E-state index contributed by atoms with van der Waals surface area (Å²) in [6.07, 6.45) is 1.51. The van der Waals surface area contributed by atoms with Gasteiger partial charge >= 0.3 is 5.97 Å². The molecule has 0 fully saturated rings. The van der Waals surface area contributed by atoms with E-state index in [1.54, 1.807) is 14.0 Å². The van der Waals surface area contributed by atoms with E-state index in [-0.39, 0.29) is 0 Å². The maximum atomic E-state index is 11.5. The minimum absolute atomic E-state index is 0.343. The lowest BCUT2D eigenvalue weighted by Gasteiger charge is -2.05. The molecular weight excluding hydrogens is 184 g/mol. The molecule has 0 aliphatic carbocycles. The number of esters is 1. The summed E-state index contributed by atoms with van der Waals surface area (Å²) in [5.41, 5.74) is 0.355. The van der Waals surface area contributed by atoms with Gasteiger partial charge in [0.2, 0.25) is 0 Å². The maximum absolute atomic E-state index is 11.5. The molecule has 1 aromatic rings. The van der Waals surface area contributed by atoms with Crippen molar-refractivity contribution in [1.29, 1.82) is 0 Å². The maximum Gasteiger partial charge on any atom is 0.360 e. The number of aryl methyl sites for hydroxylation is 1. The standard InChI is InChI=1S/C9H14N2O3/c1-4-13-7-6-10-11(3)8(7)9(12)14-5-2/h6H,4-5H2,1-3H3. The molecule has 0 bridgehead atoms. The van der Waals surface area contributed by atoms with Gasteiger partial charge in [-0.15, -0.1) is 0 Å². The van der Waals surface area contributed by atoms with Crippen molar-refractivity contribution in [2.24, 2.45) is 7.05 Å². The number of nitrogens with zero attached hydrogens (tertiary/aromatic N) is 2. The first-order chi connectivity index (χ1) is 6.70. The second-order valence-electron chi connectivity index (χ2n) is 2.63. The van der Waals surface area contributed by atoms with E-state index in [0.717, 1.165) is 0 Å². The van der Waals surface area contributed by atoms with E-state index in [2.05, 4.69) is 5.10 Å². The van der Waals surface area contributed by atoms with E-state index in [9.17, 15) is 4.79 Å². The third-order valence-electron chi connectivity index (χ3n) is 1.67. The van der Waals surface area contributed by atoms with Crippen LogP contribution in [-0.4, -0.2) is 29.0 Å². The molecule has 1 aromatic heterocycles. The molecule has 0 amide bonds. The molecule has 0 aliphatic rings. The average molecular weight is 198 g/mol. The molecule has 5 heteroatoms. The van der Waals surface area contributed by atoms with Crippen LogP contribution in [0.1, 0.15) is 24.3 Å². The van der Waals surface area contributed by atoms with Gasteiger partial charge in [-0.05, 0) is 13.8 Å². The van der Waals surface area contributed by atoms with E-state index in [1.165, 1.54) is 10.9 Å². The molecule has 1 heterocycles. The Hall–Kier alpha value is -1.52. The Kier molecular flexibility index (Phi) is 3.50. The fourth-order valence-electron chi connectivity index (χ4n) is 1.11. The number of hydrogen-bond donors (Lipinski definition) is 0. The van der Waals surface area contributed by atoms with Crippen molar-refractivity contribution < 1.29 is 14.3 Å². The van der Waals surface area contributed by atoms with Crippen molar-refractivity contribution >= 4 is 5.97 Å². The van der Waals surface area contributed by atoms with Crippen LogP contribution in [0.15, 0.2) is 6.20 Å². The fraction of sp³-hybridized carbons (Fsp3) is 0.556. The number of rotatable bonds is 4. The molecule has 0 saturated heterocycles. The van der Waals surface area contributed by atoms with Gasteiger partial charge in [0.15, 0.2) is 11.4 Å². The van der Waals surface area contributed by atoms with Gasteiger partial charge in [-0.2, -0.15) is 5.10 Å². The molecule has 0 aliphatic heterocycles. The first kappa shape index (κ1) is 10.6. The van der Waals surface area contributed by atoms with Crippen LogP contribution in [0.2, 0.25) is 0 Å². The Morgan fingerprint density at radius 3 is 2.79 bits per heavy atom. The van der Waals surface area contributed by atoms with Gasteiger partial charge in [0, 0.05) is 7.05 Å². The van der Waals surface area contributed by atoms with Gasteiger partial charge in [-0.25, -0.2) is 4.79 Å². The summed E-state index contributed by atoms with van der Waals surface area (Å²) in [5, 5.41) is 3.93. The lowest BCUT2D eigenvalue weighted by atomic mass is 10.4. The highest BCUT2D eigenvalue weighted by atomic mass is 16.5. The van der Waals surface area contributed by atoms with E-state index in [1.807, 2.05) is 6.92 Å². The van der Waals surface area contributed by atoms with Crippen molar-refractivity contribution in [3.63, 3.8) is 0 Å². The third kappa shape index (κ3) is 2.04. The fourth-order valence-corrected chi connectivity index (χ4v) is 1.11. The van der Waals surface area contributed by atoms with Crippen LogP contribution in [-0.2, 0) is 11.8 Å². The molecule has 1 rings (SSSR count). The van der Waals surface area contributed by atoms with Gasteiger partial charge in [-0.3, -0.25) is 4.68 Å². The highest BCUT2D eigenvalue weighted by Gasteiger charge is 2.18. The average Bonchev–Trinajstić information content (AvgIpc) is 2.48. The SMILES string of the molecule is CCOC(=O)c1c(OCC)cnn1C. The van der Waals surface area contributed by atoms with Crippen LogP contribution in [0.5, 0.6) is 5.75 Å². The monoisotopic (exact) mass is 198 g/mol. The molecule has 0 saturated carbocycles. The Morgan fingerprint density at radius 1 is 1.50 bits per heavy atom. The summed E-state index contributed by atoms with van der Waals surface area (Å²) >= 11 is 0. The topological polar surface area (TPSA) is 53.4 Å². The third-order valence-corrected chi connectivity index (χ3v) is 1.67. The molecule has 0 unspecified atom stereocenters. The molecule has 14 heavy (non-hydrogen) atoms. The van der Waals surface area contributed by atoms with E-state index in [4.69, 9.17) is 9.47 Å². The molecule has 0 aromatic carbocycles. The van der Waals surface area contributed by atoms with Crippen molar-refractivity contribution in [2.45, 2.75) is 13.8 Å². The summed E-state index contributed by atoms with van der Waals surface area (Å²) in [7, 11) is 1.68. The second-order valence-corrected chi connectivity index (χ2v) is 2.63. The minimum atomic E-state index is -0.407. The van der Waals surface area contributed by atoms with Gasteiger partial charge in [0.1, 0.15) is 0 Å². The molecule has 0 radical (unpaired) electrons. The summed E-state index contributed by atoms with van der Waals surface area (Å²) in [5.74, 6) is 0.0596. The number of aromatic nitrogens is 2. The van der Waals surface area contributed by atoms with Crippen LogP contribution in [0, 0.1) is 0 Å². The molecular formula is C9H14N2O3. The zero-order valence-corrected chi connectivity index (χ0v) is 8.61. The molecule has 5 nitrogen and oxygen atoms in total. The van der Waals surface area contributed by atoms with Crippen LogP contribution >= 0.6 is 0 Å². The zero-order valence-electron chi connectivity index (χ0n) is 8.61. The first-order valence-corrected chi connectivity index (χ1v) is 4.52. The van der Waals surface area contributed by atoms with Crippen molar-refractivity contribution in [3.8, 4) is 5.75 Å². The summed E-state index contributed by atoms with van der Waals surface area (Å²) < 4.78 is 11.6. The molecule has 78 valence electrons. The summed E-state index contributed by atoms with van der Waals surface area (Å²) in [4.78, 5) is 11.5. The molecule has 0 spiro atoms. The van der Waals surface area contributed by atoms with Crippen molar-refractivity contribution in [1.82, 2.24) is 9.78 Å². The highest BCUT2D eigenvalue weighted by molar-refractivity contribution is 5.90. The van der Waals surface area contributed by atoms with E-state index in [0.29, 0.717) is 24.7 Å². The number of ether oxygens (including phenoxy) is 2. The predicted octanol–water partition coefficient (Wildman–Crippen LogP) is 0.995. The minimum Gasteiger partial charge on any atom is -0.490 e. The lowest BCUT2D eigenvalue weighted by Crippen LogP contribution is -2.12. The van der Waals surface area contributed by atoms with Crippen LogP contribution < -0.4 is 4.74 Å². The quantitative estimate of drug-likeness (QED) is 0.677. The Bertz CT molecular complexity index is 320. The second kappa shape index (κ2) is 4.64. The summed E-state index contributed by atoms with van der Waals surface area (Å²) in [6.45, 7) is 4.45. The first-order valence-electron chi connectivity index (χ1n) is 4.52. The Balaban J connectivity index is 2.92. The Labute approximate surface area is 82.6 Å². The zero-order chi connectivity index (χ0) is 10.6. The van der Waals surface area contributed by atoms with Crippen LogP contribution in [0.3, 0.4) is 0 Å². The van der Waals surface area contributed by atoms with Crippen LogP contribution in [0.25, 0.3) is 0 Å². The number of carbonyl (C=O) groups excluding carboxylic acids is 1. The largest absolute Gasteiger partial charge is 0.490 e. The smallest absolute Gasteiger partial charge is 0.360 e. The van der Waals surface area contributed by atoms with E-state index >= 15 is 0 Å². The highest BCUT2D eigenvalue weighted by Crippen LogP contribution is 2.17. The van der Waals surface area contributed by atoms with Gasteiger partial charge in [0.25, 0.3) is 0 Å². The van der Waals surface area contributed by atoms with Gasteiger partial charge in [0.05, 0.1) is 19.4 Å². The number of hydrogen-bond acceptors (Lipinski definition) is 4. The Morgan fingerprint density at radius 2 is 2.21 bits per heavy atom. The van der Waals surface area contributed by atoms with Gasteiger partial charge in [-0.1, -0.05) is 0 Å². The van der Waals surface area contributed by atoms with E-state index < -0.39 is 5.97 Å². The number of carbonyl (C=O) groups is 1. The summed E-state index contributed by atoms with van der Waals surface area (Å²) in [6, 6.07) is 0.